The molecule has 0 bridgehead atoms. The van der Waals surface area contributed by atoms with E-state index in [2.05, 4.69) is 10.2 Å². The lowest BCUT2D eigenvalue weighted by Gasteiger charge is -2.10. The van der Waals surface area contributed by atoms with E-state index in [9.17, 15) is 9.59 Å². The number of carbonyl (C=O) groups is 1. The monoisotopic (exact) mass is 277 g/mol. The highest BCUT2D eigenvalue weighted by Crippen LogP contribution is 2.15. The van der Waals surface area contributed by atoms with Gasteiger partial charge in [-0.05, 0) is 17.9 Å². The highest BCUT2D eigenvalue weighted by Gasteiger charge is 2.13. The van der Waals surface area contributed by atoms with Gasteiger partial charge in [0.1, 0.15) is 0 Å². The van der Waals surface area contributed by atoms with Crippen LogP contribution < -0.4 is 5.69 Å². The molecule has 0 fully saturated rings. The number of rotatable bonds is 7. The van der Waals surface area contributed by atoms with Crippen LogP contribution >= 0.6 is 23.5 Å². The van der Waals surface area contributed by atoms with Crippen molar-refractivity contribution in [1.29, 1.82) is 0 Å². The van der Waals surface area contributed by atoms with Gasteiger partial charge in [-0.3, -0.25) is 9.36 Å². The summed E-state index contributed by atoms with van der Waals surface area (Å²) in [6, 6.07) is 0. The summed E-state index contributed by atoms with van der Waals surface area (Å²) >= 11 is 2.76. The van der Waals surface area contributed by atoms with Crippen molar-refractivity contribution < 1.29 is 9.90 Å². The Morgan fingerprint density at radius 3 is 2.94 bits per heavy atom. The molecule has 0 aliphatic rings. The van der Waals surface area contributed by atoms with Crippen LogP contribution in [0.1, 0.15) is 6.92 Å². The van der Waals surface area contributed by atoms with Gasteiger partial charge in [-0.15, -0.1) is 5.10 Å². The molecule has 8 heteroatoms. The van der Waals surface area contributed by atoms with Gasteiger partial charge in [-0.1, -0.05) is 18.7 Å². The van der Waals surface area contributed by atoms with Crippen LogP contribution in [-0.2, 0) is 11.3 Å². The first kappa shape index (κ1) is 14.2. The third-order valence-electron chi connectivity index (χ3n) is 1.99. The summed E-state index contributed by atoms with van der Waals surface area (Å²) in [5, 5.41) is 15.2. The van der Waals surface area contributed by atoms with Crippen molar-refractivity contribution in [2.45, 2.75) is 18.6 Å². The number of H-pyrrole nitrogens is 1. The van der Waals surface area contributed by atoms with Gasteiger partial charge in [0.2, 0.25) is 0 Å². The standard InChI is InChI=1S/C9H15N3O3S2/c1-6(4-16-2)3-12-8(15)10-11-9(12)17-5-7(13)14/h6H,3-5H2,1-2H3,(H,10,15)(H,13,14). The molecule has 6 nitrogen and oxygen atoms in total. The van der Waals surface area contributed by atoms with Crippen molar-refractivity contribution in [3.05, 3.63) is 10.5 Å². The Kier molecular flexibility index (Phi) is 5.63. The molecular weight excluding hydrogens is 262 g/mol. The number of hydrogen-bond acceptors (Lipinski definition) is 5. The quantitative estimate of drug-likeness (QED) is 0.715. The van der Waals surface area contributed by atoms with Gasteiger partial charge in [0.15, 0.2) is 5.16 Å². The molecule has 96 valence electrons. The van der Waals surface area contributed by atoms with E-state index in [1.165, 1.54) is 4.57 Å². The Balaban J connectivity index is 2.72. The summed E-state index contributed by atoms with van der Waals surface area (Å²) in [6.45, 7) is 2.60. The lowest BCUT2D eigenvalue weighted by atomic mass is 10.2. The zero-order chi connectivity index (χ0) is 12.8. The molecule has 0 radical (unpaired) electrons. The molecule has 0 amide bonds. The Morgan fingerprint density at radius 1 is 1.65 bits per heavy atom. The first-order chi connectivity index (χ1) is 8.04. The largest absolute Gasteiger partial charge is 0.481 e. The van der Waals surface area contributed by atoms with Gasteiger partial charge >= 0.3 is 11.7 Å². The van der Waals surface area contributed by atoms with E-state index < -0.39 is 5.97 Å². The van der Waals surface area contributed by atoms with Crippen LogP contribution in [0.4, 0.5) is 0 Å². The molecule has 0 saturated carbocycles. The fourth-order valence-electron chi connectivity index (χ4n) is 1.35. The van der Waals surface area contributed by atoms with E-state index >= 15 is 0 Å². The number of aromatic nitrogens is 3. The zero-order valence-electron chi connectivity index (χ0n) is 9.67. The summed E-state index contributed by atoms with van der Waals surface area (Å²) in [5.41, 5.74) is -0.286. The SMILES string of the molecule is CSCC(C)Cn1c(SCC(=O)O)n[nH]c1=O. The van der Waals surface area contributed by atoms with E-state index in [1.54, 1.807) is 11.8 Å². The lowest BCUT2D eigenvalue weighted by Crippen LogP contribution is -2.22. The second kappa shape index (κ2) is 6.75. The van der Waals surface area contributed by atoms with Gasteiger partial charge in [-0.25, -0.2) is 9.89 Å². The molecule has 1 rings (SSSR count). The number of carboxylic acids is 1. The summed E-state index contributed by atoms with van der Waals surface area (Å²) in [7, 11) is 0. The Hall–Kier alpha value is -0.890. The number of carboxylic acid groups (broad SMARTS) is 1. The number of aliphatic carboxylic acids is 1. The van der Waals surface area contributed by atoms with Crippen LogP contribution in [0.3, 0.4) is 0 Å². The fraction of sp³-hybridized carbons (Fsp3) is 0.667. The zero-order valence-corrected chi connectivity index (χ0v) is 11.3. The molecule has 0 aromatic carbocycles. The van der Waals surface area contributed by atoms with Crippen LogP contribution in [-0.4, -0.2) is 43.6 Å². The highest BCUT2D eigenvalue weighted by atomic mass is 32.2. The second-order valence-corrected chi connectivity index (χ2v) is 5.52. The minimum atomic E-state index is -0.922. The van der Waals surface area contributed by atoms with Crippen LogP contribution in [0.5, 0.6) is 0 Å². The molecule has 1 heterocycles. The van der Waals surface area contributed by atoms with Gasteiger partial charge in [-0.2, -0.15) is 11.8 Å². The molecule has 1 aromatic heterocycles. The molecule has 17 heavy (non-hydrogen) atoms. The number of thioether (sulfide) groups is 2. The third-order valence-corrected chi connectivity index (χ3v) is 3.86. The van der Waals surface area contributed by atoms with Gasteiger partial charge in [0.25, 0.3) is 0 Å². The second-order valence-electron chi connectivity index (χ2n) is 3.66. The summed E-state index contributed by atoms with van der Waals surface area (Å²) in [4.78, 5) is 22.0. The van der Waals surface area contributed by atoms with Crippen LogP contribution in [0, 0.1) is 5.92 Å². The molecule has 2 N–H and O–H groups in total. The van der Waals surface area contributed by atoms with Gasteiger partial charge in [0, 0.05) is 6.54 Å². The fourth-order valence-corrected chi connectivity index (χ4v) is 2.70. The topological polar surface area (TPSA) is 88.0 Å². The lowest BCUT2D eigenvalue weighted by molar-refractivity contribution is -0.133. The number of hydrogen-bond donors (Lipinski definition) is 2. The minimum Gasteiger partial charge on any atom is -0.481 e. The summed E-state index contributed by atoms with van der Waals surface area (Å²) in [5.74, 6) is 0.264. The van der Waals surface area contributed by atoms with Gasteiger partial charge in [0.05, 0.1) is 5.75 Å². The molecule has 1 atom stereocenters. The number of nitrogens with zero attached hydrogens (tertiary/aromatic N) is 2. The Labute approximate surface area is 107 Å². The van der Waals surface area contributed by atoms with E-state index in [1.807, 2.05) is 13.2 Å². The molecule has 0 spiro atoms. The van der Waals surface area contributed by atoms with Crippen molar-refractivity contribution in [3.63, 3.8) is 0 Å². The first-order valence-electron chi connectivity index (χ1n) is 5.03. The van der Waals surface area contributed by atoms with Crippen LogP contribution in [0.2, 0.25) is 0 Å². The Morgan fingerprint density at radius 2 is 2.35 bits per heavy atom. The molecule has 1 aromatic rings. The summed E-state index contributed by atoms with van der Waals surface area (Å²) in [6.07, 6.45) is 2.01. The van der Waals surface area contributed by atoms with Crippen molar-refractivity contribution in [2.24, 2.45) is 5.92 Å². The van der Waals surface area contributed by atoms with E-state index in [-0.39, 0.29) is 11.4 Å². The average molecular weight is 277 g/mol. The maximum atomic E-state index is 11.5. The maximum Gasteiger partial charge on any atom is 0.343 e. The highest BCUT2D eigenvalue weighted by molar-refractivity contribution is 7.99. The molecule has 1 unspecified atom stereocenters. The van der Waals surface area contributed by atoms with E-state index in [4.69, 9.17) is 5.11 Å². The average Bonchev–Trinajstić information content (AvgIpc) is 2.58. The predicted molar refractivity (Wildman–Crippen MR) is 68.8 cm³/mol. The molecular formula is C9H15N3O3S2. The van der Waals surface area contributed by atoms with Crippen molar-refractivity contribution >= 4 is 29.5 Å². The number of nitrogens with one attached hydrogen (secondary N) is 1. The van der Waals surface area contributed by atoms with E-state index in [0.717, 1.165) is 17.5 Å². The first-order valence-corrected chi connectivity index (χ1v) is 7.41. The Bertz CT molecular complexity index is 429. The van der Waals surface area contributed by atoms with E-state index in [0.29, 0.717) is 17.6 Å². The smallest absolute Gasteiger partial charge is 0.343 e. The summed E-state index contributed by atoms with van der Waals surface area (Å²) < 4.78 is 1.49. The van der Waals surface area contributed by atoms with Crippen LogP contribution in [0.15, 0.2) is 9.95 Å². The van der Waals surface area contributed by atoms with Crippen molar-refractivity contribution in [3.8, 4) is 0 Å². The van der Waals surface area contributed by atoms with Crippen molar-refractivity contribution in [1.82, 2.24) is 14.8 Å². The van der Waals surface area contributed by atoms with Crippen LogP contribution in [0.25, 0.3) is 0 Å². The van der Waals surface area contributed by atoms with Crippen molar-refractivity contribution in [2.75, 3.05) is 17.8 Å². The molecule has 0 aliphatic heterocycles. The van der Waals surface area contributed by atoms with Gasteiger partial charge < -0.3 is 5.11 Å². The third kappa shape index (κ3) is 4.47. The predicted octanol–water partition coefficient (Wildman–Crippen LogP) is 0.747. The molecule has 0 aliphatic carbocycles. The molecule has 0 saturated heterocycles. The maximum absolute atomic E-state index is 11.5. The normalized spacial score (nSPS) is 12.6. The number of aromatic amines is 1. The minimum absolute atomic E-state index is 0.0960.